The van der Waals surface area contributed by atoms with Gasteiger partial charge in [-0.15, -0.1) is 0 Å². The summed E-state index contributed by atoms with van der Waals surface area (Å²) in [5, 5.41) is 2.97. The molecule has 2 fully saturated rings. The van der Waals surface area contributed by atoms with Crippen LogP contribution in [0, 0.1) is 5.41 Å². The average Bonchev–Trinajstić information content (AvgIpc) is 3.01. The Labute approximate surface area is 138 Å². The van der Waals surface area contributed by atoms with Crippen molar-refractivity contribution in [2.24, 2.45) is 5.41 Å². The number of carbonyl (C=O) groups is 2. The zero-order chi connectivity index (χ0) is 16.1. The minimum atomic E-state index is -0.294. The first-order chi connectivity index (χ1) is 11.2. The van der Waals surface area contributed by atoms with Crippen molar-refractivity contribution >= 4 is 11.8 Å². The number of carbonyl (C=O) groups excluding carboxylic acids is 2. The van der Waals surface area contributed by atoms with Gasteiger partial charge in [0.1, 0.15) is 0 Å². The Bertz CT molecular complexity index is 558. The number of nitrogens with one attached hydrogen (secondary N) is 1. The molecule has 0 aromatic heterocycles. The zero-order valence-corrected chi connectivity index (χ0v) is 13.7. The second-order valence-electron chi connectivity index (χ2n) is 6.90. The van der Waals surface area contributed by atoms with E-state index in [0.717, 1.165) is 51.6 Å². The van der Waals surface area contributed by atoms with Crippen LogP contribution in [-0.4, -0.2) is 36.3 Å². The van der Waals surface area contributed by atoms with Crippen molar-refractivity contribution in [3.63, 3.8) is 0 Å². The highest BCUT2D eigenvalue weighted by atomic mass is 16.2. The number of benzene rings is 1. The molecule has 124 valence electrons. The molecular formula is C19H26N2O2. The van der Waals surface area contributed by atoms with Gasteiger partial charge in [-0.2, -0.15) is 0 Å². The summed E-state index contributed by atoms with van der Waals surface area (Å²) in [6.45, 7) is 2.15. The monoisotopic (exact) mass is 314 g/mol. The van der Waals surface area contributed by atoms with Crippen molar-refractivity contribution in [2.75, 3.05) is 19.6 Å². The molecule has 23 heavy (non-hydrogen) atoms. The van der Waals surface area contributed by atoms with Crippen LogP contribution in [0.4, 0.5) is 0 Å². The summed E-state index contributed by atoms with van der Waals surface area (Å²) in [4.78, 5) is 26.4. The smallest absolute Gasteiger partial charge is 0.228 e. The van der Waals surface area contributed by atoms with E-state index in [1.54, 1.807) is 0 Å². The maximum absolute atomic E-state index is 12.4. The fourth-order valence-corrected chi connectivity index (χ4v) is 3.81. The highest BCUT2D eigenvalue weighted by molar-refractivity contribution is 5.85. The fraction of sp³-hybridized carbons (Fsp3) is 0.579. The van der Waals surface area contributed by atoms with Gasteiger partial charge in [-0.3, -0.25) is 9.59 Å². The van der Waals surface area contributed by atoms with Crippen LogP contribution in [0.3, 0.4) is 0 Å². The van der Waals surface area contributed by atoms with E-state index in [2.05, 4.69) is 29.6 Å². The number of aryl methyl sites for hydroxylation is 1. The Morgan fingerprint density at radius 2 is 2.00 bits per heavy atom. The summed E-state index contributed by atoms with van der Waals surface area (Å²) in [6, 6.07) is 10.4. The molecule has 0 radical (unpaired) electrons. The second kappa shape index (κ2) is 7.16. The molecule has 2 heterocycles. The van der Waals surface area contributed by atoms with Crippen LogP contribution in [0.1, 0.15) is 44.1 Å². The quantitative estimate of drug-likeness (QED) is 0.849. The standard InChI is InChI=1S/C19H26N2O2/c22-17(10-5-4-9-16-7-2-1-3-8-16)21-14-12-19(15-21)11-6-13-20-18(19)23/h1-3,7-8H,4-6,9-15H2,(H,20,23)/t19-/m1/s1. The van der Waals surface area contributed by atoms with Gasteiger partial charge in [-0.25, -0.2) is 0 Å². The summed E-state index contributed by atoms with van der Waals surface area (Å²) < 4.78 is 0. The van der Waals surface area contributed by atoms with Gasteiger partial charge in [0.2, 0.25) is 11.8 Å². The predicted molar refractivity (Wildman–Crippen MR) is 89.9 cm³/mol. The lowest BCUT2D eigenvalue weighted by molar-refractivity contribution is -0.134. The van der Waals surface area contributed by atoms with Gasteiger partial charge in [0.25, 0.3) is 0 Å². The number of hydrogen-bond donors (Lipinski definition) is 1. The van der Waals surface area contributed by atoms with Crippen LogP contribution in [0.5, 0.6) is 0 Å². The van der Waals surface area contributed by atoms with Gasteiger partial charge in [0, 0.05) is 26.1 Å². The third-order valence-corrected chi connectivity index (χ3v) is 5.25. The SMILES string of the molecule is O=C(CCCCc1ccccc1)N1CC[C@]2(CCCNC2=O)C1. The van der Waals surface area contributed by atoms with Crippen molar-refractivity contribution in [3.05, 3.63) is 35.9 Å². The second-order valence-corrected chi connectivity index (χ2v) is 6.90. The van der Waals surface area contributed by atoms with E-state index in [1.165, 1.54) is 5.56 Å². The molecule has 2 aliphatic rings. The van der Waals surface area contributed by atoms with E-state index >= 15 is 0 Å². The number of rotatable bonds is 5. The van der Waals surface area contributed by atoms with Crippen LogP contribution >= 0.6 is 0 Å². The van der Waals surface area contributed by atoms with Crippen LogP contribution in [-0.2, 0) is 16.0 Å². The molecule has 2 saturated heterocycles. The van der Waals surface area contributed by atoms with Gasteiger partial charge < -0.3 is 10.2 Å². The molecule has 1 N–H and O–H groups in total. The number of likely N-dealkylation sites (tertiary alicyclic amines) is 1. The average molecular weight is 314 g/mol. The van der Waals surface area contributed by atoms with Gasteiger partial charge in [-0.05, 0) is 44.1 Å². The lowest BCUT2D eigenvalue weighted by atomic mass is 9.79. The summed E-state index contributed by atoms with van der Waals surface area (Å²) in [5.41, 5.74) is 1.04. The van der Waals surface area contributed by atoms with Crippen LogP contribution in [0.25, 0.3) is 0 Å². The summed E-state index contributed by atoms with van der Waals surface area (Å²) >= 11 is 0. The van der Waals surface area contributed by atoms with Gasteiger partial charge >= 0.3 is 0 Å². The van der Waals surface area contributed by atoms with Crippen molar-refractivity contribution in [1.82, 2.24) is 10.2 Å². The zero-order valence-electron chi connectivity index (χ0n) is 13.7. The molecule has 2 amide bonds. The number of unbranched alkanes of at least 4 members (excludes halogenated alkanes) is 1. The Morgan fingerprint density at radius 1 is 1.17 bits per heavy atom. The first-order valence-electron chi connectivity index (χ1n) is 8.80. The van der Waals surface area contributed by atoms with E-state index in [9.17, 15) is 9.59 Å². The Balaban J connectivity index is 1.42. The maximum atomic E-state index is 12.4. The van der Waals surface area contributed by atoms with Gasteiger partial charge in [0.05, 0.1) is 5.41 Å². The highest BCUT2D eigenvalue weighted by Gasteiger charge is 2.46. The lowest BCUT2D eigenvalue weighted by Gasteiger charge is -2.32. The van der Waals surface area contributed by atoms with E-state index < -0.39 is 0 Å². The Kier molecular flexibility index (Phi) is 4.99. The largest absolute Gasteiger partial charge is 0.356 e. The molecule has 2 aliphatic heterocycles. The number of nitrogens with zero attached hydrogens (tertiary/aromatic N) is 1. The first kappa shape index (κ1) is 16.0. The van der Waals surface area contributed by atoms with Crippen LogP contribution < -0.4 is 5.32 Å². The molecule has 4 heteroatoms. The molecule has 1 aromatic carbocycles. The van der Waals surface area contributed by atoms with E-state index in [0.29, 0.717) is 13.0 Å². The van der Waals surface area contributed by atoms with E-state index in [4.69, 9.17) is 0 Å². The molecule has 0 bridgehead atoms. The normalized spacial score (nSPS) is 24.0. The maximum Gasteiger partial charge on any atom is 0.228 e. The summed E-state index contributed by atoms with van der Waals surface area (Å²) in [5.74, 6) is 0.372. The van der Waals surface area contributed by atoms with Crippen LogP contribution in [0.2, 0.25) is 0 Å². The van der Waals surface area contributed by atoms with E-state index in [1.807, 2.05) is 11.0 Å². The third kappa shape index (κ3) is 3.74. The van der Waals surface area contributed by atoms with Crippen molar-refractivity contribution < 1.29 is 9.59 Å². The van der Waals surface area contributed by atoms with Crippen molar-refractivity contribution in [2.45, 2.75) is 44.9 Å². The topological polar surface area (TPSA) is 49.4 Å². The van der Waals surface area contributed by atoms with Crippen LogP contribution in [0.15, 0.2) is 30.3 Å². The van der Waals surface area contributed by atoms with Gasteiger partial charge in [-0.1, -0.05) is 30.3 Å². The minimum absolute atomic E-state index is 0.156. The molecule has 3 rings (SSSR count). The molecular weight excluding hydrogens is 288 g/mol. The number of hydrogen-bond acceptors (Lipinski definition) is 2. The van der Waals surface area contributed by atoms with Crippen molar-refractivity contribution in [1.29, 1.82) is 0 Å². The lowest BCUT2D eigenvalue weighted by Crippen LogP contribution is -2.47. The minimum Gasteiger partial charge on any atom is -0.356 e. The molecule has 1 aromatic rings. The predicted octanol–water partition coefficient (Wildman–Crippen LogP) is 2.53. The van der Waals surface area contributed by atoms with Crippen molar-refractivity contribution in [3.8, 4) is 0 Å². The molecule has 1 atom stereocenters. The fourth-order valence-electron chi connectivity index (χ4n) is 3.81. The van der Waals surface area contributed by atoms with E-state index in [-0.39, 0.29) is 17.2 Å². The summed E-state index contributed by atoms with van der Waals surface area (Å²) in [7, 11) is 0. The summed E-state index contributed by atoms with van der Waals surface area (Å²) in [6.07, 6.45) is 6.37. The Morgan fingerprint density at radius 3 is 2.78 bits per heavy atom. The molecule has 0 aliphatic carbocycles. The molecule has 1 spiro atoms. The number of piperidine rings is 1. The van der Waals surface area contributed by atoms with Gasteiger partial charge in [0.15, 0.2) is 0 Å². The number of amides is 2. The Hall–Kier alpha value is -1.84. The molecule has 0 saturated carbocycles. The third-order valence-electron chi connectivity index (χ3n) is 5.25. The molecule has 4 nitrogen and oxygen atoms in total. The highest BCUT2D eigenvalue weighted by Crippen LogP contribution is 2.37. The molecule has 0 unspecified atom stereocenters. The first-order valence-corrected chi connectivity index (χ1v) is 8.80.